The lowest BCUT2D eigenvalue weighted by Gasteiger charge is -2.06. The lowest BCUT2D eigenvalue weighted by Crippen LogP contribution is -2.11. The maximum Gasteiger partial charge on any atom is 0.256 e. The van der Waals surface area contributed by atoms with Gasteiger partial charge in [-0.15, -0.1) is 0 Å². The summed E-state index contributed by atoms with van der Waals surface area (Å²) in [5, 5.41) is 17.5. The van der Waals surface area contributed by atoms with Crippen LogP contribution >= 0.6 is 11.3 Å². The van der Waals surface area contributed by atoms with Crippen molar-refractivity contribution < 1.29 is 14.3 Å². The minimum absolute atomic E-state index is 0.142. The van der Waals surface area contributed by atoms with Gasteiger partial charge in [0.25, 0.3) is 5.91 Å². The summed E-state index contributed by atoms with van der Waals surface area (Å²) < 4.78 is 13.4. The van der Waals surface area contributed by atoms with Crippen LogP contribution in [0.5, 0.6) is 5.75 Å². The molecule has 0 saturated carbocycles. The predicted molar refractivity (Wildman–Crippen MR) is 126 cm³/mol. The second-order valence-corrected chi connectivity index (χ2v) is 7.99. The van der Waals surface area contributed by atoms with Gasteiger partial charge >= 0.3 is 0 Å². The molecule has 4 rings (SSSR count). The molecule has 0 fully saturated rings. The molecule has 0 aliphatic carbocycles. The van der Waals surface area contributed by atoms with Crippen LogP contribution in [0, 0.1) is 12.7 Å². The van der Waals surface area contributed by atoms with E-state index in [0.717, 1.165) is 5.56 Å². The third-order valence-corrected chi connectivity index (χ3v) is 5.41. The van der Waals surface area contributed by atoms with E-state index in [1.54, 1.807) is 54.7 Å². The number of rotatable bonds is 6. The summed E-state index contributed by atoms with van der Waals surface area (Å²) >= 11 is 1.21. The fourth-order valence-electron chi connectivity index (χ4n) is 2.90. The van der Waals surface area contributed by atoms with Crippen molar-refractivity contribution in [3.8, 4) is 17.0 Å². The van der Waals surface area contributed by atoms with Crippen LogP contribution in [0.25, 0.3) is 11.3 Å². The number of aromatic nitrogens is 1. The van der Waals surface area contributed by atoms with Gasteiger partial charge in [0.15, 0.2) is 0 Å². The highest BCUT2D eigenvalue weighted by Crippen LogP contribution is 2.36. The Kier molecular flexibility index (Phi) is 6.23. The number of halogens is 1. The van der Waals surface area contributed by atoms with Gasteiger partial charge in [0.1, 0.15) is 22.3 Å². The number of carbonyl (C=O) groups is 1. The normalized spacial score (nSPS) is 10.9. The number of carbonyl (C=O) groups excluding carboxylic acids is 1. The smallest absolute Gasteiger partial charge is 0.256 e. The number of nitrogens with one attached hydrogen (secondary N) is 2. The van der Waals surface area contributed by atoms with Gasteiger partial charge in [0.05, 0.1) is 6.21 Å². The van der Waals surface area contributed by atoms with Crippen molar-refractivity contribution in [2.75, 3.05) is 10.7 Å². The molecular formula is C24H19FN4O2S. The first-order valence-corrected chi connectivity index (χ1v) is 10.5. The van der Waals surface area contributed by atoms with Crippen LogP contribution < -0.4 is 10.7 Å². The fourth-order valence-corrected chi connectivity index (χ4v) is 3.74. The molecule has 0 aliphatic heterocycles. The molecular weight excluding hydrogens is 427 g/mol. The molecule has 160 valence electrons. The Morgan fingerprint density at radius 3 is 2.56 bits per heavy atom. The van der Waals surface area contributed by atoms with E-state index in [9.17, 15) is 14.3 Å². The van der Waals surface area contributed by atoms with Crippen LogP contribution in [-0.2, 0) is 0 Å². The Bertz CT molecular complexity index is 1270. The molecule has 0 unspecified atom stereocenters. The van der Waals surface area contributed by atoms with Crippen molar-refractivity contribution in [1.29, 1.82) is 0 Å². The van der Waals surface area contributed by atoms with Crippen molar-refractivity contribution in [2.45, 2.75) is 6.92 Å². The number of phenolic OH excluding ortho intramolecular Hbond substituents is 1. The molecule has 4 aromatic rings. The summed E-state index contributed by atoms with van der Waals surface area (Å²) in [6.45, 7) is 1.95. The van der Waals surface area contributed by atoms with Gasteiger partial charge in [-0.3, -0.25) is 10.2 Å². The van der Waals surface area contributed by atoms with Gasteiger partial charge in [0.2, 0.25) is 5.13 Å². The molecule has 32 heavy (non-hydrogen) atoms. The molecule has 0 bridgehead atoms. The topological polar surface area (TPSA) is 86.6 Å². The van der Waals surface area contributed by atoms with Gasteiger partial charge < -0.3 is 10.4 Å². The number of hydrogen-bond acceptors (Lipinski definition) is 6. The van der Waals surface area contributed by atoms with Crippen LogP contribution in [0.3, 0.4) is 0 Å². The number of amides is 1. The Hall–Kier alpha value is -4.04. The second kappa shape index (κ2) is 9.40. The summed E-state index contributed by atoms with van der Waals surface area (Å²) in [6, 6.07) is 19.8. The third-order valence-electron chi connectivity index (χ3n) is 4.53. The number of phenols is 1. The summed E-state index contributed by atoms with van der Waals surface area (Å²) in [5.41, 5.74) is 6.29. The first-order chi connectivity index (χ1) is 15.5. The first-order valence-electron chi connectivity index (χ1n) is 9.71. The average molecular weight is 447 g/mol. The molecule has 3 N–H and O–H groups in total. The van der Waals surface area contributed by atoms with Crippen molar-refractivity contribution >= 4 is 33.6 Å². The van der Waals surface area contributed by atoms with Crippen molar-refractivity contribution in [3.63, 3.8) is 0 Å². The van der Waals surface area contributed by atoms with E-state index in [4.69, 9.17) is 0 Å². The second-order valence-electron chi connectivity index (χ2n) is 6.99. The molecule has 1 heterocycles. The van der Waals surface area contributed by atoms with E-state index >= 15 is 0 Å². The van der Waals surface area contributed by atoms with Crippen LogP contribution in [0.1, 0.15) is 21.5 Å². The predicted octanol–water partition coefficient (Wildman–Crippen LogP) is 5.66. The fraction of sp³-hybridized carbons (Fsp3) is 0.0417. The van der Waals surface area contributed by atoms with Crippen molar-refractivity contribution in [2.24, 2.45) is 5.10 Å². The van der Waals surface area contributed by atoms with E-state index in [0.29, 0.717) is 32.5 Å². The summed E-state index contributed by atoms with van der Waals surface area (Å²) in [4.78, 5) is 17.3. The quantitative estimate of drug-likeness (QED) is 0.263. The molecule has 1 aromatic heterocycles. The standard InChI is InChI=1S/C24H19FN4O2S/c1-15-5-7-18(8-6-15)22(31)28-23-21(17-9-11-19(25)12-10-17)27-24(32-23)29-26-14-16-3-2-4-20(30)13-16/h2-14,30H,1H3,(H,27,29)(H,28,31)/b26-14-. The molecule has 0 saturated heterocycles. The third kappa shape index (κ3) is 5.16. The monoisotopic (exact) mass is 446 g/mol. The summed E-state index contributed by atoms with van der Waals surface area (Å²) in [5.74, 6) is -0.488. The molecule has 1 amide bonds. The van der Waals surface area contributed by atoms with E-state index in [1.165, 1.54) is 23.5 Å². The first kappa shape index (κ1) is 21.2. The van der Waals surface area contributed by atoms with Crippen LogP contribution in [0.4, 0.5) is 14.5 Å². The van der Waals surface area contributed by atoms with Crippen LogP contribution in [0.2, 0.25) is 0 Å². The Morgan fingerprint density at radius 2 is 1.84 bits per heavy atom. The highest BCUT2D eigenvalue weighted by atomic mass is 32.1. The molecule has 6 nitrogen and oxygen atoms in total. The van der Waals surface area contributed by atoms with E-state index < -0.39 is 0 Å². The summed E-state index contributed by atoms with van der Waals surface area (Å²) in [7, 11) is 0. The number of anilines is 2. The molecule has 0 spiro atoms. The number of aryl methyl sites for hydroxylation is 1. The number of benzene rings is 3. The van der Waals surface area contributed by atoms with Gasteiger partial charge in [-0.1, -0.05) is 41.2 Å². The Morgan fingerprint density at radius 1 is 1.09 bits per heavy atom. The average Bonchev–Trinajstić information content (AvgIpc) is 3.17. The van der Waals surface area contributed by atoms with Gasteiger partial charge in [0, 0.05) is 11.1 Å². The largest absolute Gasteiger partial charge is 0.508 e. The number of thiazole rings is 1. The summed E-state index contributed by atoms with van der Waals surface area (Å²) in [6.07, 6.45) is 1.54. The minimum atomic E-state index is -0.358. The number of hydrazone groups is 1. The highest BCUT2D eigenvalue weighted by molar-refractivity contribution is 7.20. The Labute approximate surface area is 188 Å². The number of aromatic hydroxyl groups is 1. The van der Waals surface area contributed by atoms with Crippen LogP contribution in [-0.4, -0.2) is 22.2 Å². The zero-order valence-electron chi connectivity index (χ0n) is 17.0. The Balaban J connectivity index is 1.60. The SMILES string of the molecule is Cc1ccc(C(=O)Nc2sc(N/N=C\c3cccc(O)c3)nc2-c2ccc(F)cc2)cc1. The van der Waals surface area contributed by atoms with Gasteiger partial charge in [-0.05, 0) is 61.0 Å². The van der Waals surface area contributed by atoms with Gasteiger partial charge in [-0.2, -0.15) is 5.10 Å². The molecule has 3 aromatic carbocycles. The zero-order valence-corrected chi connectivity index (χ0v) is 17.9. The zero-order chi connectivity index (χ0) is 22.5. The maximum absolute atomic E-state index is 13.4. The lowest BCUT2D eigenvalue weighted by molar-refractivity contribution is 0.102. The molecule has 0 atom stereocenters. The maximum atomic E-state index is 13.4. The van der Waals surface area contributed by atoms with Crippen molar-refractivity contribution in [1.82, 2.24) is 4.98 Å². The number of nitrogens with zero attached hydrogens (tertiary/aromatic N) is 2. The highest BCUT2D eigenvalue weighted by Gasteiger charge is 2.16. The molecule has 0 radical (unpaired) electrons. The molecule has 8 heteroatoms. The lowest BCUT2D eigenvalue weighted by atomic mass is 10.1. The van der Waals surface area contributed by atoms with E-state index in [-0.39, 0.29) is 17.5 Å². The minimum Gasteiger partial charge on any atom is -0.508 e. The van der Waals surface area contributed by atoms with E-state index in [1.807, 2.05) is 19.1 Å². The van der Waals surface area contributed by atoms with Crippen LogP contribution in [0.15, 0.2) is 77.9 Å². The van der Waals surface area contributed by atoms with Gasteiger partial charge in [-0.25, -0.2) is 9.37 Å². The van der Waals surface area contributed by atoms with E-state index in [2.05, 4.69) is 20.8 Å². The molecule has 0 aliphatic rings. The number of hydrogen-bond donors (Lipinski definition) is 3. The van der Waals surface area contributed by atoms with Crippen molar-refractivity contribution in [3.05, 3.63) is 95.3 Å².